The van der Waals surface area contributed by atoms with Gasteiger partial charge in [0, 0.05) is 65.5 Å². The highest BCUT2D eigenvalue weighted by atomic mass is 35.5. The van der Waals surface area contributed by atoms with E-state index in [1.165, 1.54) is 79.3 Å². The number of benzene rings is 5. The van der Waals surface area contributed by atoms with E-state index in [-0.39, 0.29) is 97.6 Å². The number of methoxy groups -OCH3 is 1. The molecule has 108 heavy (non-hydrogen) atoms. The Morgan fingerprint density at radius 3 is 1.34 bits per heavy atom. The molecule has 570 valence electrons. The summed E-state index contributed by atoms with van der Waals surface area (Å²) < 4.78 is 155. The van der Waals surface area contributed by atoms with Crippen molar-refractivity contribution >= 4 is 89.0 Å². The first-order valence-corrected chi connectivity index (χ1v) is 31.7. The number of aromatic carboxylic acids is 1. The lowest BCUT2D eigenvalue weighted by molar-refractivity contribution is -0.593. The van der Waals surface area contributed by atoms with Gasteiger partial charge in [0.1, 0.15) is 90.5 Å². The summed E-state index contributed by atoms with van der Waals surface area (Å²) in [5.74, 6) is -11.6. The molecule has 5 aromatic heterocycles. The maximum absolute atomic E-state index is 13.8. The minimum Gasteiger partial charge on any atom is -0.618 e. The van der Waals surface area contributed by atoms with Crippen LogP contribution in [0.5, 0.6) is 0 Å². The molecule has 0 saturated carbocycles. The molecule has 35 heteroatoms. The van der Waals surface area contributed by atoms with Crippen LogP contribution in [-0.4, -0.2) is 111 Å². The van der Waals surface area contributed by atoms with Crippen LogP contribution in [0.3, 0.4) is 0 Å². The van der Waals surface area contributed by atoms with Crippen LogP contribution in [0.25, 0.3) is 33.8 Å². The fraction of sp³-hybridized carbons (Fsp3) is 0.164. The minimum absolute atomic E-state index is 0. The van der Waals surface area contributed by atoms with E-state index in [4.69, 9.17) is 68.9 Å². The lowest BCUT2D eigenvalue weighted by atomic mass is 9.80. The van der Waals surface area contributed by atoms with Gasteiger partial charge in [-0.25, -0.2) is 87.6 Å². The second-order valence-electron chi connectivity index (χ2n) is 21.3. The van der Waals surface area contributed by atoms with Crippen LogP contribution in [-0.2, 0) is 23.7 Å². The number of hydrogen-bond donors (Lipinski definition) is 4. The average molecular weight is 1570 g/mol. The third-order valence-electron chi connectivity index (χ3n) is 12.7. The van der Waals surface area contributed by atoms with Gasteiger partial charge in [-0.2, -0.15) is 4.73 Å². The third-order valence-corrected chi connectivity index (χ3v) is 13.5. The Bertz CT molecular complexity index is 4730. The van der Waals surface area contributed by atoms with Crippen LogP contribution < -0.4 is 15.5 Å². The van der Waals surface area contributed by atoms with Gasteiger partial charge >= 0.3 is 43.1 Å². The summed E-state index contributed by atoms with van der Waals surface area (Å²) in [6, 6.07) is 29.3. The summed E-state index contributed by atoms with van der Waals surface area (Å²) in [5, 5.41) is 39.5. The predicted octanol–water partition coefficient (Wildman–Crippen LogP) is 16.0. The molecule has 0 atom stereocenters. The Hall–Kier alpha value is -11.6. The number of carbonyl (C=O) groups is 6. The highest BCUT2D eigenvalue weighted by molar-refractivity contribution is 6.58. The molecular formula is C73H64BCl3F10N6O15. The fourth-order valence-electron chi connectivity index (χ4n) is 8.11. The van der Waals surface area contributed by atoms with E-state index in [0.29, 0.717) is 35.1 Å². The summed E-state index contributed by atoms with van der Waals surface area (Å²) in [6.07, 6.45) is 4.61. The van der Waals surface area contributed by atoms with Crippen molar-refractivity contribution in [3.05, 3.63) is 283 Å². The molecule has 0 spiro atoms. The van der Waals surface area contributed by atoms with E-state index < -0.39 is 113 Å². The molecule has 5 aromatic carbocycles. The predicted molar refractivity (Wildman–Crippen MR) is 379 cm³/mol. The van der Waals surface area contributed by atoms with Crippen molar-refractivity contribution in [2.24, 2.45) is 0 Å². The lowest BCUT2D eigenvalue weighted by Crippen LogP contribution is -2.32. The monoisotopic (exact) mass is 1570 g/mol. The zero-order valence-corrected chi connectivity index (χ0v) is 59.1. The zero-order valence-electron chi connectivity index (χ0n) is 56.8. The number of carboxylic acid groups (broad SMARTS) is 1. The van der Waals surface area contributed by atoms with Crippen molar-refractivity contribution in [3.63, 3.8) is 0 Å². The molecule has 21 nitrogen and oxygen atoms in total. The number of aromatic nitrogens is 5. The standard InChI is InChI=1S/C14H10ClF2NO2.C14H11F2NO2.C13H9F2NO3.C11H13F2NO2.C8H8ClNO2.C6H5BF2O2.C6H4ClNO2.CH4/c1-2-20-14(19)10-5-6-12(15)18-13(10)9-4-3-8(16)7-11(9)17;1-2-19-14(18)11-4-3-7-17-13(11)10-6-5-9(15)8-12(10)16;1-19-13(17)10-3-2-6-16(18)12(10)9-5-4-8(14)7-11(9)15;1-11(2,3)16-10(15)14-9-7(12)5-4-6-8(9)13;1-2-12-8(11)6-4-3-5-10-7(6)9;8-4-1-2-5(7(10)11)6(9)3-4;7-5-4(6(9)10)2-1-3-8-5;/h3-7H,2H2,1H3;3-8H,2H2,1H3;2-7H,1H3;4-6H,1-3H3,(H,14,15);3-5H,2H2,1H3;1-3,10-11H;1-3H,(H,9,10);1H4. The molecule has 0 bridgehead atoms. The maximum atomic E-state index is 13.8. The van der Waals surface area contributed by atoms with E-state index in [9.17, 15) is 77.9 Å². The second-order valence-corrected chi connectivity index (χ2v) is 22.4. The van der Waals surface area contributed by atoms with Crippen LogP contribution >= 0.6 is 34.8 Å². The van der Waals surface area contributed by atoms with E-state index >= 15 is 0 Å². The number of ether oxygens (including phenoxy) is 5. The molecule has 0 unspecified atom stereocenters. The first kappa shape index (κ1) is 90.6. The van der Waals surface area contributed by atoms with Gasteiger partial charge in [-0.1, -0.05) is 54.4 Å². The number of carboxylic acids is 1. The smallest absolute Gasteiger partial charge is 0.491 e. The molecule has 0 aliphatic rings. The number of halogens is 13. The lowest BCUT2D eigenvalue weighted by Gasteiger charge is -2.19. The molecule has 0 aliphatic heterocycles. The topological polar surface area (TPSA) is 300 Å². The van der Waals surface area contributed by atoms with Crippen molar-refractivity contribution < 1.29 is 116 Å². The van der Waals surface area contributed by atoms with Gasteiger partial charge in [0.2, 0.25) is 5.69 Å². The number of hydrogen-bond acceptors (Lipinski definition) is 18. The van der Waals surface area contributed by atoms with Crippen LogP contribution in [0.2, 0.25) is 15.5 Å². The van der Waals surface area contributed by atoms with Gasteiger partial charge in [-0.15, -0.1) is 0 Å². The maximum Gasteiger partial charge on any atom is 0.491 e. The SMILES string of the molecule is C.CC(C)(C)OC(=O)Nc1c(F)cccc1F.CCOC(=O)c1ccc(Cl)nc1-c1ccc(F)cc1F.CCOC(=O)c1cccnc1-c1ccc(F)cc1F.CCOC(=O)c1cccnc1Cl.COC(=O)c1ccc[n+]([O-])c1-c1ccc(F)cc1F.O=C(O)c1cccnc1Cl.OB(O)c1ccc(F)cc1F. The van der Waals surface area contributed by atoms with Crippen LogP contribution in [0.15, 0.2) is 176 Å². The normalized spacial score (nSPS) is 10.1. The Kier molecular flexibility index (Phi) is 37.3. The molecule has 0 radical (unpaired) electrons. The number of pyridine rings is 5. The van der Waals surface area contributed by atoms with Crippen molar-refractivity contribution in [2.45, 2.75) is 54.6 Å². The number of nitrogens with zero attached hydrogens (tertiary/aromatic N) is 5. The number of nitrogens with one attached hydrogen (secondary N) is 1. The average Bonchev–Trinajstić information content (AvgIpc) is 0.793. The molecule has 10 rings (SSSR count). The largest absolute Gasteiger partial charge is 0.618 e. The van der Waals surface area contributed by atoms with Crippen LogP contribution in [0, 0.1) is 63.4 Å². The molecule has 4 N–H and O–H groups in total. The summed E-state index contributed by atoms with van der Waals surface area (Å²) in [4.78, 5) is 83.1. The summed E-state index contributed by atoms with van der Waals surface area (Å²) in [5.41, 5.74) is -1.26. The van der Waals surface area contributed by atoms with E-state index in [2.05, 4.69) is 24.7 Å². The zero-order chi connectivity index (χ0) is 79.8. The van der Waals surface area contributed by atoms with Crippen molar-refractivity contribution in [1.82, 2.24) is 19.9 Å². The molecule has 5 heterocycles. The minimum atomic E-state index is -1.89. The van der Waals surface area contributed by atoms with Gasteiger partial charge in [-0.05, 0) is 151 Å². The van der Waals surface area contributed by atoms with Crippen molar-refractivity contribution in [3.8, 4) is 33.8 Å². The number of amides is 1. The van der Waals surface area contributed by atoms with E-state index in [1.54, 1.807) is 59.7 Å². The molecular weight excluding hydrogens is 1510 g/mol. The Morgan fingerprint density at radius 2 is 0.917 bits per heavy atom. The molecule has 0 fully saturated rings. The summed E-state index contributed by atoms with van der Waals surface area (Å²) >= 11 is 16.8. The van der Waals surface area contributed by atoms with E-state index in [1.807, 2.05) is 5.32 Å². The number of esters is 4. The number of carbonyl (C=O) groups excluding carboxylic acids is 5. The highest BCUT2D eigenvalue weighted by Gasteiger charge is 2.26. The van der Waals surface area contributed by atoms with E-state index in [0.717, 1.165) is 67.9 Å². The van der Waals surface area contributed by atoms with Gasteiger partial charge in [0.15, 0.2) is 6.20 Å². The number of rotatable bonds is 13. The molecule has 10 aromatic rings. The van der Waals surface area contributed by atoms with Gasteiger partial charge < -0.3 is 44.0 Å². The third kappa shape index (κ3) is 28.4. The first-order chi connectivity index (χ1) is 50.6. The van der Waals surface area contributed by atoms with Gasteiger partial charge in [0.05, 0.1) is 66.1 Å². The first-order valence-electron chi connectivity index (χ1n) is 30.6. The van der Waals surface area contributed by atoms with Crippen molar-refractivity contribution in [1.29, 1.82) is 0 Å². The second kappa shape index (κ2) is 44.4. The molecule has 0 saturated heterocycles. The highest BCUT2D eigenvalue weighted by Crippen LogP contribution is 2.30. The Morgan fingerprint density at radius 1 is 0.500 bits per heavy atom. The van der Waals surface area contributed by atoms with Gasteiger partial charge in [-0.3, -0.25) is 10.3 Å². The van der Waals surface area contributed by atoms with Gasteiger partial charge in [0.25, 0.3) is 0 Å². The molecule has 1 amide bonds. The quantitative estimate of drug-likeness (QED) is 0.0159. The number of para-hydroxylation sites is 1. The summed E-state index contributed by atoms with van der Waals surface area (Å²) in [6.45, 7) is 10.8. The fourth-order valence-corrected chi connectivity index (χ4v) is 8.65. The number of anilines is 1. The summed E-state index contributed by atoms with van der Waals surface area (Å²) in [7, 11) is -0.745. The van der Waals surface area contributed by atoms with Crippen LogP contribution in [0.4, 0.5) is 54.4 Å². The van der Waals surface area contributed by atoms with Crippen molar-refractivity contribution in [2.75, 3.05) is 32.2 Å². The Labute approximate surface area is 626 Å². The molecule has 0 aliphatic carbocycles. The van der Waals surface area contributed by atoms with Crippen LogP contribution in [0.1, 0.15) is 101 Å². The Balaban J connectivity index is 0.000000331.